The van der Waals surface area contributed by atoms with Gasteiger partial charge in [0.25, 0.3) is 0 Å². The summed E-state index contributed by atoms with van der Waals surface area (Å²) in [5.74, 6) is 0.782. The number of aryl methyl sites for hydroxylation is 1. The molecule has 3 rings (SSSR count). The number of nitrogens with one attached hydrogen (secondary N) is 1. The van der Waals surface area contributed by atoms with Crippen molar-refractivity contribution in [1.82, 2.24) is 0 Å². The molecule has 2 bridgehead atoms. The van der Waals surface area contributed by atoms with E-state index in [4.69, 9.17) is 0 Å². The van der Waals surface area contributed by atoms with Gasteiger partial charge in [0.15, 0.2) is 0 Å². The van der Waals surface area contributed by atoms with Crippen LogP contribution in [0.4, 0.5) is 5.69 Å². The highest BCUT2D eigenvalue weighted by Crippen LogP contribution is 2.31. The molecule has 166 valence electrons. The molecule has 2 atom stereocenters. The number of rotatable bonds is 2. The van der Waals surface area contributed by atoms with Crippen LogP contribution in [0.3, 0.4) is 0 Å². The molecule has 31 heavy (non-hydrogen) atoms. The van der Waals surface area contributed by atoms with Gasteiger partial charge in [-0.2, -0.15) is 0 Å². The maximum absolute atomic E-state index is 4.57. The van der Waals surface area contributed by atoms with Crippen molar-refractivity contribution in [3.05, 3.63) is 72.0 Å². The maximum Gasteiger partial charge on any atom is 0.0422 e. The van der Waals surface area contributed by atoms with Crippen molar-refractivity contribution in [2.75, 3.05) is 5.32 Å². The van der Waals surface area contributed by atoms with E-state index < -0.39 is 0 Å². The van der Waals surface area contributed by atoms with Gasteiger partial charge in [-0.05, 0) is 86.6 Å². The quantitative estimate of drug-likeness (QED) is 0.482. The monoisotopic (exact) mass is 416 g/mol. The number of hydrogen-bond acceptors (Lipinski definition) is 2. The minimum Gasteiger partial charge on any atom is -0.381 e. The smallest absolute Gasteiger partial charge is 0.0422 e. The number of benzene rings is 1. The summed E-state index contributed by atoms with van der Waals surface area (Å²) < 4.78 is 0. The van der Waals surface area contributed by atoms with Gasteiger partial charge in [0.2, 0.25) is 0 Å². The molecule has 0 saturated carbocycles. The standard InChI is InChI=1S/C29H40N2/c1-22-11-7-5-8-12-26-17-18-29(31-27-13-9-6-10-14-27)28(19-26)25(4)24(3)21-30-20-23(2)16-15-22/h6,9,17-22,27,31H,3-5,7-8,10-16H2,1-2H3/b23-20+,30-21?. The lowest BCUT2D eigenvalue weighted by atomic mass is 9.93. The molecule has 2 heteroatoms. The zero-order chi connectivity index (χ0) is 22.1. The van der Waals surface area contributed by atoms with Gasteiger partial charge >= 0.3 is 0 Å². The number of aliphatic imine (C=N–C) groups is 1. The Morgan fingerprint density at radius 3 is 2.68 bits per heavy atom. The Balaban J connectivity index is 1.84. The number of allylic oxidation sites excluding steroid dienone is 4. The highest BCUT2D eigenvalue weighted by molar-refractivity contribution is 6.01. The van der Waals surface area contributed by atoms with Crippen molar-refractivity contribution >= 4 is 17.5 Å². The summed E-state index contributed by atoms with van der Waals surface area (Å²) in [7, 11) is 0. The molecule has 0 fully saturated rings. The fourth-order valence-corrected chi connectivity index (χ4v) is 4.45. The number of fused-ring (bicyclic) bond motifs is 2. The summed E-state index contributed by atoms with van der Waals surface area (Å²) in [6.45, 7) is 13.2. The molecule has 2 unspecified atom stereocenters. The number of anilines is 1. The molecule has 1 heterocycles. The second-order valence-corrected chi connectivity index (χ2v) is 9.51. The molecule has 1 aliphatic carbocycles. The Kier molecular flexibility index (Phi) is 8.94. The Hall–Kier alpha value is -2.35. The van der Waals surface area contributed by atoms with Crippen molar-refractivity contribution in [3.8, 4) is 0 Å². The van der Waals surface area contributed by atoms with E-state index in [-0.39, 0.29) is 0 Å². The first-order valence-electron chi connectivity index (χ1n) is 12.1. The molecule has 2 aliphatic rings. The van der Waals surface area contributed by atoms with Crippen molar-refractivity contribution in [2.45, 2.75) is 84.1 Å². The zero-order valence-electron chi connectivity index (χ0n) is 19.6. The second-order valence-electron chi connectivity index (χ2n) is 9.51. The summed E-state index contributed by atoms with van der Waals surface area (Å²) in [6.07, 6.45) is 20.5. The molecule has 1 aromatic carbocycles. The molecule has 0 amide bonds. The predicted octanol–water partition coefficient (Wildman–Crippen LogP) is 8.28. The second kappa shape index (κ2) is 11.9. The predicted molar refractivity (Wildman–Crippen MR) is 138 cm³/mol. The van der Waals surface area contributed by atoms with E-state index in [9.17, 15) is 0 Å². The summed E-state index contributed by atoms with van der Waals surface area (Å²) >= 11 is 0. The minimum atomic E-state index is 0.485. The van der Waals surface area contributed by atoms with Crippen molar-refractivity contribution < 1.29 is 0 Å². The highest BCUT2D eigenvalue weighted by atomic mass is 14.9. The lowest BCUT2D eigenvalue weighted by Gasteiger charge is -2.24. The zero-order valence-corrected chi connectivity index (χ0v) is 19.6. The fourth-order valence-electron chi connectivity index (χ4n) is 4.45. The van der Waals surface area contributed by atoms with Crippen LogP contribution in [-0.2, 0) is 6.42 Å². The third-order valence-electron chi connectivity index (χ3n) is 6.64. The van der Waals surface area contributed by atoms with E-state index in [1.807, 2.05) is 12.4 Å². The summed E-state index contributed by atoms with van der Waals surface area (Å²) in [5, 5.41) is 3.78. The molecule has 1 aromatic rings. The molecule has 0 aromatic heterocycles. The van der Waals surface area contributed by atoms with Crippen molar-refractivity contribution in [1.29, 1.82) is 0 Å². The SMILES string of the molecule is C=C1C=N/C=C(\C)CCC(C)CCCCCc2ccc(NC3CC=CCC3)c(c2)C1=C. The van der Waals surface area contributed by atoms with Gasteiger partial charge in [-0.3, -0.25) is 4.99 Å². The molecule has 2 nitrogen and oxygen atoms in total. The van der Waals surface area contributed by atoms with Gasteiger partial charge in [0, 0.05) is 29.7 Å². The first kappa shape index (κ1) is 23.3. The molecular weight excluding hydrogens is 376 g/mol. The highest BCUT2D eigenvalue weighted by Gasteiger charge is 2.15. The van der Waals surface area contributed by atoms with Gasteiger partial charge < -0.3 is 5.32 Å². The third kappa shape index (κ3) is 7.38. The maximum atomic E-state index is 4.57. The first-order chi connectivity index (χ1) is 15.0. The van der Waals surface area contributed by atoms with Gasteiger partial charge in [0.1, 0.15) is 0 Å². The molecule has 1 N–H and O–H groups in total. The molecule has 0 radical (unpaired) electrons. The minimum absolute atomic E-state index is 0.485. The normalized spacial score (nSPS) is 25.5. The fraction of sp³-hybridized carbons (Fsp3) is 0.483. The van der Waals surface area contributed by atoms with E-state index in [0.29, 0.717) is 6.04 Å². The summed E-state index contributed by atoms with van der Waals surface area (Å²) in [5.41, 5.74) is 6.90. The molecular formula is C29H40N2. The Morgan fingerprint density at radius 2 is 1.87 bits per heavy atom. The van der Waals surface area contributed by atoms with Crippen LogP contribution < -0.4 is 5.32 Å². The van der Waals surface area contributed by atoms with E-state index in [1.165, 1.54) is 60.9 Å². The van der Waals surface area contributed by atoms with E-state index in [1.54, 1.807) is 0 Å². The van der Waals surface area contributed by atoms with E-state index >= 15 is 0 Å². The van der Waals surface area contributed by atoms with E-state index in [0.717, 1.165) is 42.7 Å². The van der Waals surface area contributed by atoms with Gasteiger partial charge in [-0.15, -0.1) is 0 Å². The third-order valence-corrected chi connectivity index (χ3v) is 6.64. The Bertz CT molecular complexity index is 855. The van der Waals surface area contributed by atoms with Gasteiger partial charge in [0.05, 0.1) is 0 Å². The lowest BCUT2D eigenvalue weighted by Crippen LogP contribution is -2.21. The van der Waals surface area contributed by atoms with Crippen LogP contribution in [0.2, 0.25) is 0 Å². The van der Waals surface area contributed by atoms with Crippen LogP contribution in [0.1, 0.15) is 82.8 Å². The average Bonchev–Trinajstić information content (AvgIpc) is 2.78. The Labute approximate surface area is 190 Å². The topological polar surface area (TPSA) is 24.4 Å². The largest absolute Gasteiger partial charge is 0.381 e. The van der Waals surface area contributed by atoms with Crippen LogP contribution in [-0.4, -0.2) is 12.3 Å². The van der Waals surface area contributed by atoms with E-state index in [2.05, 4.69) is 67.7 Å². The molecule has 0 saturated heterocycles. The van der Waals surface area contributed by atoms with Crippen LogP contribution in [0.25, 0.3) is 5.57 Å². The number of nitrogens with zero attached hydrogens (tertiary/aromatic N) is 1. The van der Waals surface area contributed by atoms with Crippen LogP contribution in [0, 0.1) is 5.92 Å². The summed E-state index contributed by atoms with van der Waals surface area (Å²) in [4.78, 5) is 4.57. The first-order valence-corrected chi connectivity index (χ1v) is 12.1. The van der Waals surface area contributed by atoms with Crippen molar-refractivity contribution in [2.24, 2.45) is 10.9 Å². The van der Waals surface area contributed by atoms with Crippen LogP contribution in [0.15, 0.2) is 65.8 Å². The number of hydrogen-bond donors (Lipinski definition) is 1. The summed E-state index contributed by atoms with van der Waals surface area (Å²) in [6, 6.07) is 7.35. The van der Waals surface area contributed by atoms with Crippen LogP contribution >= 0.6 is 0 Å². The molecule has 0 spiro atoms. The van der Waals surface area contributed by atoms with Crippen molar-refractivity contribution in [3.63, 3.8) is 0 Å². The van der Waals surface area contributed by atoms with Gasteiger partial charge in [-0.25, -0.2) is 0 Å². The van der Waals surface area contributed by atoms with Crippen LogP contribution in [0.5, 0.6) is 0 Å². The lowest BCUT2D eigenvalue weighted by molar-refractivity contribution is 0.460. The average molecular weight is 417 g/mol. The Morgan fingerprint density at radius 1 is 1.00 bits per heavy atom. The molecule has 1 aliphatic heterocycles. The van der Waals surface area contributed by atoms with Gasteiger partial charge in [-0.1, -0.05) is 63.1 Å².